The Bertz CT molecular complexity index is 1010. The maximum absolute atomic E-state index is 13.2. The largest absolute Gasteiger partial charge is 0.335 e. The first-order valence-electron chi connectivity index (χ1n) is 9.99. The number of hydrogen-bond acceptors (Lipinski definition) is 4. The van der Waals surface area contributed by atoms with Crippen molar-refractivity contribution in [3.63, 3.8) is 0 Å². The van der Waals surface area contributed by atoms with E-state index in [-0.39, 0.29) is 10.8 Å². The van der Waals surface area contributed by atoms with Crippen LogP contribution in [0.2, 0.25) is 0 Å². The molecule has 3 aliphatic rings. The normalized spacial score (nSPS) is 20.0. The van der Waals surface area contributed by atoms with E-state index >= 15 is 0 Å². The molecule has 0 bridgehead atoms. The monoisotopic (exact) mass is 416 g/mol. The minimum absolute atomic E-state index is 0.0229. The standard InChI is InChI=1S/C21H24N2O3S2/c24-21(23(18-6-7-18)13-15-4-5-15)16-2-1-3-19(12-16)28(25,26)22-10-8-20-17(14-22)9-11-27-20/h1-3,9,11-12,15,18H,4-8,10,13-14H2. The molecule has 2 fully saturated rings. The van der Waals surface area contributed by atoms with Crippen molar-refractivity contribution >= 4 is 27.3 Å². The van der Waals surface area contributed by atoms with E-state index in [1.165, 1.54) is 22.0 Å². The zero-order valence-corrected chi connectivity index (χ0v) is 17.3. The zero-order chi connectivity index (χ0) is 19.3. The van der Waals surface area contributed by atoms with E-state index in [0.717, 1.165) is 31.4 Å². The van der Waals surface area contributed by atoms with Crippen molar-refractivity contribution in [3.8, 4) is 0 Å². The van der Waals surface area contributed by atoms with E-state index in [2.05, 4.69) is 0 Å². The second-order valence-corrected chi connectivity index (χ2v) is 11.1. The molecule has 1 aliphatic heterocycles. The van der Waals surface area contributed by atoms with Gasteiger partial charge in [-0.2, -0.15) is 4.31 Å². The van der Waals surface area contributed by atoms with Crippen LogP contribution in [0.5, 0.6) is 0 Å². The fourth-order valence-electron chi connectivity index (χ4n) is 3.89. The van der Waals surface area contributed by atoms with E-state index in [9.17, 15) is 13.2 Å². The number of fused-ring (bicyclic) bond motifs is 1. The quantitative estimate of drug-likeness (QED) is 0.724. The van der Waals surface area contributed by atoms with Crippen LogP contribution in [0.15, 0.2) is 40.6 Å². The lowest BCUT2D eigenvalue weighted by Crippen LogP contribution is -2.36. The third-order valence-corrected chi connectivity index (χ3v) is 8.76. The molecule has 0 radical (unpaired) electrons. The number of benzene rings is 1. The molecule has 28 heavy (non-hydrogen) atoms. The number of carbonyl (C=O) groups is 1. The van der Waals surface area contributed by atoms with Crippen LogP contribution >= 0.6 is 11.3 Å². The molecule has 1 aromatic heterocycles. The van der Waals surface area contributed by atoms with Crippen LogP contribution in [-0.4, -0.2) is 42.7 Å². The second kappa shape index (κ2) is 6.97. The van der Waals surface area contributed by atoms with Crippen LogP contribution in [0.1, 0.15) is 46.5 Å². The highest BCUT2D eigenvalue weighted by atomic mass is 32.2. The number of carbonyl (C=O) groups excluding carboxylic acids is 1. The predicted octanol–water partition coefficient (Wildman–Crippen LogP) is 3.51. The fraction of sp³-hybridized carbons (Fsp3) is 0.476. The van der Waals surface area contributed by atoms with Gasteiger partial charge in [0.25, 0.3) is 5.91 Å². The smallest absolute Gasteiger partial charge is 0.254 e. The second-order valence-electron chi connectivity index (χ2n) is 8.12. The first-order chi connectivity index (χ1) is 13.5. The molecular formula is C21H24N2O3S2. The molecule has 0 spiro atoms. The number of hydrogen-bond donors (Lipinski definition) is 0. The van der Waals surface area contributed by atoms with Crippen LogP contribution in [0.4, 0.5) is 0 Å². The molecule has 148 valence electrons. The molecule has 2 heterocycles. The van der Waals surface area contributed by atoms with Crippen molar-refractivity contribution in [1.82, 2.24) is 9.21 Å². The lowest BCUT2D eigenvalue weighted by Gasteiger charge is -2.27. The lowest BCUT2D eigenvalue weighted by atomic mass is 10.1. The zero-order valence-electron chi connectivity index (χ0n) is 15.7. The van der Waals surface area contributed by atoms with Crippen molar-refractivity contribution in [2.24, 2.45) is 5.92 Å². The first-order valence-corrected chi connectivity index (χ1v) is 12.3. The minimum Gasteiger partial charge on any atom is -0.335 e. The summed E-state index contributed by atoms with van der Waals surface area (Å²) in [4.78, 5) is 16.6. The molecule has 2 aliphatic carbocycles. The Kier molecular flexibility index (Phi) is 4.56. The van der Waals surface area contributed by atoms with Crippen LogP contribution < -0.4 is 0 Å². The van der Waals surface area contributed by atoms with Crippen molar-refractivity contribution < 1.29 is 13.2 Å². The summed E-state index contributed by atoms with van der Waals surface area (Å²) in [6.45, 7) is 1.71. The van der Waals surface area contributed by atoms with Crippen molar-refractivity contribution in [1.29, 1.82) is 0 Å². The van der Waals surface area contributed by atoms with E-state index in [4.69, 9.17) is 0 Å². The summed E-state index contributed by atoms with van der Waals surface area (Å²) >= 11 is 1.69. The van der Waals surface area contributed by atoms with Gasteiger partial charge in [0, 0.05) is 36.1 Å². The summed E-state index contributed by atoms with van der Waals surface area (Å²) in [5, 5.41) is 2.02. The molecule has 2 aromatic rings. The van der Waals surface area contributed by atoms with Crippen molar-refractivity contribution in [2.75, 3.05) is 13.1 Å². The summed E-state index contributed by atoms with van der Waals surface area (Å²) in [6, 6.07) is 8.97. The molecule has 1 amide bonds. The van der Waals surface area contributed by atoms with Gasteiger partial charge in [0.05, 0.1) is 4.90 Å². The minimum atomic E-state index is -3.61. The molecule has 5 nitrogen and oxygen atoms in total. The van der Waals surface area contributed by atoms with Gasteiger partial charge in [-0.05, 0) is 73.2 Å². The van der Waals surface area contributed by atoms with Gasteiger partial charge >= 0.3 is 0 Å². The Balaban J connectivity index is 1.39. The highest BCUT2D eigenvalue weighted by molar-refractivity contribution is 7.89. The van der Waals surface area contributed by atoms with Gasteiger partial charge in [-0.3, -0.25) is 4.79 Å². The summed E-state index contributed by atoms with van der Waals surface area (Å²) in [5.41, 5.74) is 1.58. The first kappa shape index (κ1) is 18.3. The molecule has 7 heteroatoms. The number of rotatable bonds is 6. The topological polar surface area (TPSA) is 57.7 Å². The Morgan fingerprint density at radius 2 is 2.00 bits per heavy atom. The molecule has 2 saturated carbocycles. The highest BCUT2D eigenvalue weighted by Crippen LogP contribution is 2.36. The average Bonchev–Trinajstić information content (AvgIpc) is 3.63. The van der Waals surface area contributed by atoms with Gasteiger partial charge in [0.1, 0.15) is 0 Å². The van der Waals surface area contributed by atoms with Gasteiger partial charge in [-0.25, -0.2) is 8.42 Å². The fourth-order valence-corrected chi connectivity index (χ4v) is 6.25. The van der Waals surface area contributed by atoms with E-state index < -0.39 is 10.0 Å². The summed E-state index contributed by atoms with van der Waals surface area (Å²) < 4.78 is 27.9. The number of nitrogens with zero attached hydrogens (tertiary/aromatic N) is 2. The van der Waals surface area contributed by atoms with E-state index in [1.807, 2.05) is 16.3 Å². The third kappa shape index (κ3) is 3.51. The molecule has 0 atom stereocenters. The highest BCUT2D eigenvalue weighted by Gasteiger charge is 2.37. The van der Waals surface area contributed by atoms with Crippen LogP contribution in [0.25, 0.3) is 0 Å². The molecule has 5 rings (SSSR count). The van der Waals surface area contributed by atoms with Crippen molar-refractivity contribution in [3.05, 3.63) is 51.7 Å². The van der Waals surface area contributed by atoms with E-state index in [1.54, 1.807) is 35.6 Å². The van der Waals surface area contributed by atoms with Crippen LogP contribution in [-0.2, 0) is 23.0 Å². The maximum Gasteiger partial charge on any atom is 0.254 e. The van der Waals surface area contributed by atoms with Crippen LogP contribution in [0, 0.1) is 5.92 Å². The van der Waals surface area contributed by atoms with Gasteiger partial charge in [-0.1, -0.05) is 6.07 Å². The van der Waals surface area contributed by atoms with Gasteiger partial charge in [0.2, 0.25) is 10.0 Å². The molecule has 1 aromatic carbocycles. The average molecular weight is 417 g/mol. The van der Waals surface area contributed by atoms with Gasteiger partial charge < -0.3 is 4.90 Å². The maximum atomic E-state index is 13.2. The Labute approximate surface area is 170 Å². The molecule has 0 unspecified atom stereocenters. The summed E-state index contributed by atoms with van der Waals surface area (Å²) in [5.74, 6) is 0.606. The number of amides is 1. The van der Waals surface area contributed by atoms with Gasteiger partial charge in [0.15, 0.2) is 0 Å². The Morgan fingerprint density at radius 1 is 1.18 bits per heavy atom. The molecule has 0 N–H and O–H groups in total. The number of thiophene rings is 1. The van der Waals surface area contributed by atoms with Crippen molar-refractivity contribution in [2.45, 2.75) is 49.6 Å². The van der Waals surface area contributed by atoms with Crippen LogP contribution in [0.3, 0.4) is 0 Å². The molecular weight excluding hydrogens is 392 g/mol. The summed E-state index contributed by atoms with van der Waals surface area (Å²) in [6.07, 6.45) is 5.27. The van der Waals surface area contributed by atoms with Gasteiger partial charge in [-0.15, -0.1) is 11.3 Å². The Hall–Kier alpha value is -1.70. The Morgan fingerprint density at radius 3 is 2.75 bits per heavy atom. The van der Waals surface area contributed by atoms with E-state index in [0.29, 0.717) is 30.6 Å². The third-order valence-electron chi connectivity index (χ3n) is 5.89. The summed E-state index contributed by atoms with van der Waals surface area (Å²) in [7, 11) is -3.61. The number of sulfonamides is 1. The lowest BCUT2D eigenvalue weighted by molar-refractivity contribution is 0.0734. The molecule has 0 saturated heterocycles. The predicted molar refractivity (Wildman–Crippen MR) is 109 cm³/mol. The SMILES string of the molecule is O=C(c1cccc(S(=O)(=O)N2CCc3sccc3C2)c1)N(CC1CC1)C1CC1.